The maximum absolute atomic E-state index is 12.1. The Morgan fingerprint density at radius 1 is 0.913 bits per heavy atom. The van der Waals surface area contributed by atoms with E-state index in [1.54, 1.807) is 54.6 Å². The van der Waals surface area contributed by atoms with Gasteiger partial charge >= 0.3 is 5.97 Å². The third-order valence-corrected chi connectivity index (χ3v) is 3.92. The molecule has 4 nitrogen and oxygen atoms in total. The highest BCUT2D eigenvalue weighted by atomic mass is 32.1. The molecule has 1 N–H and O–H groups in total. The second kappa shape index (κ2) is 6.89. The topological polar surface area (TPSA) is 55.4 Å². The van der Waals surface area contributed by atoms with Gasteiger partial charge in [0.25, 0.3) is 5.91 Å². The third-order valence-electron chi connectivity index (χ3n) is 3.05. The first-order chi connectivity index (χ1) is 11.2. The number of para-hydroxylation sites is 1. The molecule has 23 heavy (non-hydrogen) atoms. The minimum absolute atomic E-state index is 0.200. The lowest BCUT2D eigenvalue weighted by Crippen LogP contribution is -2.12. The van der Waals surface area contributed by atoms with E-state index < -0.39 is 5.97 Å². The average molecular weight is 323 g/mol. The second-order valence-electron chi connectivity index (χ2n) is 4.71. The quantitative estimate of drug-likeness (QED) is 0.578. The van der Waals surface area contributed by atoms with E-state index in [0.717, 1.165) is 0 Å². The Bertz CT molecular complexity index is 813. The van der Waals surface area contributed by atoms with E-state index in [0.29, 0.717) is 21.9 Å². The van der Waals surface area contributed by atoms with Crippen LogP contribution in [0.2, 0.25) is 0 Å². The molecule has 3 rings (SSSR count). The molecular formula is C18H13NO3S. The van der Waals surface area contributed by atoms with E-state index in [4.69, 9.17) is 4.74 Å². The fourth-order valence-corrected chi connectivity index (χ4v) is 2.60. The van der Waals surface area contributed by atoms with Crippen LogP contribution in [0.3, 0.4) is 0 Å². The van der Waals surface area contributed by atoms with Gasteiger partial charge in [0, 0.05) is 5.69 Å². The number of anilines is 1. The molecule has 1 aromatic heterocycles. The smallest absolute Gasteiger partial charge is 0.343 e. The predicted molar refractivity (Wildman–Crippen MR) is 90.1 cm³/mol. The van der Waals surface area contributed by atoms with Gasteiger partial charge in [0.15, 0.2) is 0 Å². The van der Waals surface area contributed by atoms with Crippen molar-refractivity contribution in [3.05, 3.63) is 82.6 Å². The van der Waals surface area contributed by atoms with Crippen LogP contribution in [0.5, 0.6) is 5.75 Å². The molecule has 0 unspecified atom stereocenters. The third kappa shape index (κ3) is 3.84. The number of amides is 1. The fraction of sp³-hybridized carbons (Fsp3) is 0. The first-order valence-electron chi connectivity index (χ1n) is 6.94. The number of hydrogen-bond donors (Lipinski definition) is 1. The number of benzene rings is 2. The van der Waals surface area contributed by atoms with Gasteiger partial charge in [-0.3, -0.25) is 4.79 Å². The van der Waals surface area contributed by atoms with Crippen LogP contribution in [-0.2, 0) is 0 Å². The van der Waals surface area contributed by atoms with Crippen LogP contribution in [0.4, 0.5) is 5.69 Å². The average Bonchev–Trinajstić information content (AvgIpc) is 3.11. The Hall–Kier alpha value is -2.92. The van der Waals surface area contributed by atoms with Gasteiger partial charge in [-0.2, -0.15) is 0 Å². The first-order valence-corrected chi connectivity index (χ1v) is 7.82. The highest BCUT2D eigenvalue weighted by Crippen LogP contribution is 2.17. The fourth-order valence-electron chi connectivity index (χ4n) is 1.98. The molecule has 0 spiro atoms. The predicted octanol–water partition coefficient (Wildman–Crippen LogP) is 4.22. The Labute approximate surface area is 137 Å². The molecule has 0 aliphatic rings. The molecule has 114 valence electrons. The Balaban J connectivity index is 1.72. The molecule has 0 aliphatic heterocycles. The van der Waals surface area contributed by atoms with Crippen molar-refractivity contribution in [3.63, 3.8) is 0 Å². The Kier molecular flexibility index (Phi) is 4.49. The van der Waals surface area contributed by atoms with Crippen molar-refractivity contribution in [2.75, 3.05) is 5.32 Å². The SMILES string of the molecule is O=C(Oc1ccccc1)c1cccc(NC(=O)c2cccs2)c1. The summed E-state index contributed by atoms with van der Waals surface area (Å²) in [6.45, 7) is 0. The zero-order valence-corrected chi connectivity index (χ0v) is 12.9. The molecule has 0 saturated carbocycles. The van der Waals surface area contributed by atoms with Gasteiger partial charge in [-0.05, 0) is 41.8 Å². The molecule has 5 heteroatoms. The van der Waals surface area contributed by atoms with Gasteiger partial charge in [0.1, 0.15) is 5.75 Å². The highest BCUT2D eigenvalue weighted by Gasteiger charge is 2.11. The van der Waals surface area contributed by atoms with Gasteiger partial charge in [0.05, 0.1) is 10.4 Å². The molecule has 0 saturated heterocycles. The summed E-state index contributed by atoms with van der Waals surface area (Å²) in [5, 5.41) is 4.60. The highest BCUT2D eigenvalue weighted by molar-refractivity contribution is 7.12. The summed E-state index contributed by atoms with van der Waals surface area (Å²) in [7, 11) is 0. The van der Waals surface area contributed by atoms with Crippen molar-refractivity contribution in [2.45, 2.75) is 0 Å². The van der Waals surface area contributed by atoms with Crippen molar-refractivity contribution in [1.82, 2.24) is 0 Å². The number of carbonyl (C=O) groups excluding carboxylic acids is 2. The van der Waals surface area contributed by atoms with Gasteiger partial charge in [-0.25, -0.2) is 4.79 Å². The van der Waals surface area contributed by atoms with E-state index in [1.807, 2.05) is 17.5 Å². The van der Waals surface area contributed by atoms with Crippen LogP contribution in [0.1, 0.15) is 20.0 Å². The first kappa shape index (κ1) is 15.0. The maximum Gasteiger partial charge on any atom is 0.343 e. The van der Waals surface area contributed by atoms with E-state index in [-0.39, 0.29) is 5.91 Å². The van der Waals surface area contributed by atoms with Crippen molar-refractivity contribution >= 4 is 28.9 Å². The van der Waals surface area contributed by atoms with Gasteiger partial charge in [-0.1, -0.05) is 30.3 Å². The number of rotatable bonds is 4. The van der Waals surface area contributed by atoms with E-state index in [9.17, 15) is 9.59 Å². The molecule has 0 radical (unpaired) electrons. The van der Waals surface area contributed by atoms with Gasteiger partial charge in [-0.15, -0.1) is 11.3 Å². The minimum Gasteiger partial charge on any atom is -0.423 e. The second-order valence-corrected chi connectivity index (χ2v) is 5.66. The number of nitrogens with one attached hydrogen (secondary N) is 1. The minimum atomic E-state index is -0.469. The van der Waals surface area contributed by atoms with Gasteiger partial charge < -0.3 is 10.1 Å². The van der Waals surface area contributed by atoms with Crippen LogP contribution in [-0.4, -0.2) is 11.9 Å². The molecule has 2 aromatic carbocycles. The van der Waals surface area contributed by atoms with Crippen LogP contribution in [0, 0.1) is 0 Å². The van der Waals surface area contributed by atoms with Crippen LogP contribution in [0.25, 0.3) is 0 Å². The lowest BCUT2D eigenvalue weighted by atomic mass is 10.2. The van der Waals surface area contributed by atoms with E-state index in [1.165, 1.54) is 11.3 Å². The summed E-state index contributed by atoms with van der Waals surface area (Å²) in [5.74, 6) is -0.192. The van der Waals surface area contributed by atoms with Crippen LogP contribution < -0.4 is 10.1 Å². The van der Waals surface area contributed by atoms with Crippen molar-refractivity contribution in [3.8, 4) is 5.75 Å². The lowest BCUT2D eigenvalue weighted by Gasteiger charge is -2.07. The number of hydrogen-bond acceptors (Lipinski definition) is 4. The molecule has 1 heterocycles. The summed E-state index contributed by atoms with van der Waals surface area (Å²) in [6.07, 6.45) is 0. The van der Waals surface area contributed by atoms with E-state index in [2.05, 4.69) is 5.32 Å². The zero-order chi connectivity index (χ0) is 16.1. The van der Waals surface area contributed by atoms with Crippen molar-refractivity contribution in [1.29, 1.82) is 0 Å². The molecule has 0 atom stereocenters. The normalized spacial score (nSPS) is 10.1. The molecular weight excluding hydrogens is 310 g/mol. The molecule has 0 aliphatic carbocycles. The molecule has 3 aromatic rings. The summed E-state index contributed by atoms with van der Waals surface area (Å²) < 4.78 is 5.28. The summed E-state index contributed by atoms with van der Waals surface area (Å²) >= 11 is 1.36. The maximum atomic E-state index is 12.1. The van der Waals surface area contributed by atoms with Gasteiger partial charge in [0.2, 0.25) is 0 Å². The lowest BCUT2D eigenvalue weighted by molar-refractivity contribution is 0.0734. The van der Waals surface area contributed by atoms with Crippen molar-refractivity contribution < 1.29 is 14.3 Å². The van der Waals surface area contributed by atoms with Crippen LogP contribution in [0.15, 0.2) is 72.1 Å². The largest absolute Gasteiger partial charge is 0.423 e. The Morgan fingerprint density at radius 3 is 2.48 bits per heavy atom. The zero-order valence-electron chi connectivity index (χ0n) is 12.1. The van der Waals surface area contributed by atoms with Crippen molar-refractivity contribution in [2.24, 2.45) is 0 Å². The van der Waals surface area contributed by atoms with E-state index >= 15 is 0 Å². The number of esters is 1. The standard InChI is InChI=1S/C18H13NO3S/c20-17(16-10-5-11-23-16)19-14-7-4-6-13(12-14)18(21)22-15-8-2-1-3-9-15/h1-12H,(H,19,20). The van der Waals surface area contributed by atoms with Crippen LogP contribution >= 0.6 is 11.3 Å². The monoisotopic (exact) mass is 323 g/mol. The summed E-state index contributed by atoms with van der Waals surface area (Å²) in [5.41, 5.74) is 0.920. The molecule has 0 bridgehead atoms. The number of ether oxygens (including phenoxy) is 1. The molecule has 0 fully saturated rings. The summed E-state index contributed by atoms with van der Waals surface area (Å²) in [6, 6.07) is 19.1. The Morgan fingerprint density at radius 2 is 1.74 bits per heavy atom. The number of carbonyl (C=O) groups is 2. The summed E-state index contributed by atoms with van der Waals surface area (Å²) in [4.78, 5) is 24.8. The molecule has 1 amide bonds. The number of thiophene rings is 1.